The Morgan fingerprint density at radius 2 is 2.35 bits per heavy atom. The van der Waals surface area contributed by atoms with Crippen molar-refractivity contribution in [2.45, 2.75) is 19.4 Å². The van der Waals surface area contributed by atoms with E-state index in [1.54, 1.807) is 6.07 Å². The molecule has 94 valence electrons. The Hall–Kier alpha value is -0.450. The summed E-state index contributed by atoms with van der Waals surface area (Å²) in [5, 5.41) is 6.66. The molecule has 1 aliphatic heterocycles. The van der Waals surface area contributed by atoms with Crippen LogP contribution in [0.15, 0.2) is 22.7 Å². The van der Waals surface area contributed by atoms with Crippen molar-refractivity contribution in [3.63, 3.8) is 0 Å². The van der Waals surface area contributed by atoms with Gasteiger partial charge in [-0.05, 0) is 56.6 Å². The highest BCUT2D eigenvalue weighted by atomic mass is 79.9. The lowest BCUT2D eigenvalue weighted by atomic mass is 10.1. The highest BCUT2D eigenvalue weighted by Crippen LogP contribution is 2.15. The molecule has 17 heavy (non-hydrogen) atoms. The van der Waals surface area contributed by atoms with Crippen molar-refractivity contribution in [2.24, 2.45) is 5.92 Å². The van der Waals surface area contributed by atoms with Gasteiger partial charge >= 0.3 is 0 Å². The Kier molecular flexibility index (Phi) is 4.95. The third kappa shape index (κ3) is 4.05. The largest absolute Gasteiger partial charge is 0.316 e. The number of hydrogen-bond donors (Lipinski definition) is 2. The molecule has 2 nitrogen and oxygen atoms in total. The maximum Gasteiger partial charge on any atom is 0.127 e. The number of nitrogens with one attached hydrogen (secondary N) is 2. The molecule has 1 atom stereocenters. The van der Waals surface area contributed by atoms with E-state index >= 15 is 0 Å². The van der Waals surface area contributed by atoms with E-state index in [-0.39, 0.29) is 5.82 Å². The van der Waals surface area contributed by atoms with Gasteiger partial charge in [0.05, 0.1) is 0 Å². The van der Waals surface area contributed by atoms with Crippen molar-refractivity contribution in [1.29, 1.82) is 0 Å². The van der Waals surface area contributed by atoms with Crippen molar-refractivity contribution in [2.75, 3.05) is 19.6 Å². The molecule has 1 saturated heterocycles. The number of rotatable bonds is 5. The number of halogens is 2. The molecule has 1 unspecified atom stereocenters. The molecule has 1 fully saturated rings. The molecule has 0 aliphatic carbocycles. The van der Waals surface area contributed by atoms with Crippen molar-refractivity contribution in [3.8, 4) is 0 Å². The van der Waals surface area contributed by atoms with Crippen molar-refractivity contribution in [1.82, 2.24) is 10.6 Å². The number of hydrogen-bond acceptors (Lipinski definition) is 2. The Bertz CT molecular complexity index is 364. The first-order valence-electron chi connectivity index (χ1n) is 6.11. The van der Waals surface area contributed by atoms with E-state index in [2.05, 4.69) is 26.6 Å². The SMILES string of the molecule is Fc1ccc(Br)cc1CNCCC1CCNC1. The summed E-state index contributed by atoms with van der Waals surface area (Å²) in [7, 11) is 0. The van der Waals surface area contributed by atoms with Gasteiger partial charge in [0.2, 0.25) is 0 Å². The van der Waals surface area contributed by atoms with Crippen LogP contribution < -0.4 is 10.6 Å². The Morgan fingerprint density at radius 1 is 1.47 bits per heavy atom. The van der Waals surface area contributed by atoms with Gasteiger partial charge in [-0.25, -0.2) is 4.39 Å². The highest BCUT2D eigenvalue weighted by molar-refractivity contribution is 9.10. The average molecular weight is 301 g/mol. The first-order chi connectivity index (χ1) is 8.25. The molecule has 1 aliphatic rings. The summed E-state index contributed by atoms with van der Waals surface area (Å²) in [6.07, 6.45) is 2.44. The van der Waals surface area contributed by atoms with Crippen LogP contribution in [-0.4, -0.2) is 19.6 Å². The molecule has 0 spiro atoms. The Balaban J connectivity index is 1.72. The quantitative estimate of drug-likeness (QED) is 0.817. The normalized spacial score (nSPS) is 19.8. The zero-order valence-corrected chi connectivity index (χ0v) is 11.4. The van der Waals surface area contributed by atoms with Crippen LogP contribution in [0.5, 0.6) is 0 Å². The van der Waals surface area contributed by atoms with Gasteiger partial charge in [0.1, 0.15) is 5.82 Å². The lowest BCUT2D eigenvalue weighted by molar-refractivity contribution is 0.495. The molecular weight excluding hydrogens is 283 g/mol. The molecule has 2 rings (SSSR count). The zero-order chi connectivity index (χ0) is 12.1. The molecular formula is C13H18BrFN2. The van der Waals surface area contributed by atoms with Crippen LogP contribution in [0.1, 0.15) is 18.4 Å². The average Bonchev–Trinajstić information content (AvgIpc) is 2.82. The van der Waals surface area contributed by atoms with Gasteiger partial charge in [-0.3, -0.25) is 0 Å². The first kappa shape index (κ1) is 13.0. The molecule has 0 saturated carbocycles. The van der Waals surface area contributed by atoms with Crippen LogP contribution in [0.4, 0.5) is 4.39 Å². The van der Waals surface area contributed by atoms with E-state index in [0.29, 0.717) is 6.54 Å². The minimum Gasteiger partial charge on any atom is -0.316 e. The zero-order valence-electron chi connectivity index (χ0n) is 9.81. The van der Waals surface area contributed by atoms with Crippen LogP contribution >= 0.6 is 15.9 Å². The molecule has 1 aromatic rings. The van der Waals surface area contributed by atoms with Gasteiger partial charge in [-0.15, -0.1) is 0 Å². The summed E-state index contributed by atoms with van der Waals surface area (Å²) in [6, 6.07) is 5.06. The van der Waals surface area contributed by atoms with Crippen LogP contribution in [0, 0.1) is 11.7 Å². The monoisotopic (exact) mass is 300 g/mol. The standard InChI is InChI=1S/C13H18BrFN2/c14-12-1-2-13(15)11(7-12)9-17-6-4-10-3-5-16-8-10/h1-2,7,10,16-17H,3-6,8-9H2. The Labute approximate surface area is 110 Å². The third-order valence-corrected chi connectivity index (χ3v) is 3.71. The molecule has 0 radical (unpaired) electrons. The predicted molar refractivity (Wildman–Crippen MR) is 71.4 cm³/mol. The van der Waals surface area contributed by atoms with E-state index in [1.807, 2.05) is 6.07 Å². The van der Waals surface area contributed by atoms with E-state index in [9.17, 15) is 4.39 Å². The lowest BCUT2D eigenvalue weighted by Crippen LogP contribution is -2.19. The van der Waals surface area contributed by atoms with E-state index < -0.39 is 0 Å². The van der Waals surface area contributed by atoms with Gasteiger partial charge in [-0.1, -0.05) is 15.9 Å². The van der Waals surface area contributed by atoms with Crippen LogP contribution in [0.2, 0.25) is 0 Å². The summed E-state index contributed by atoms with van der Waals surface area (Å²) in [5.74, 6) is 0.651. The van der Waals surface area contributed by atoms with Gasteiger partial charge < -0.3 is 10.6 Å². The van der Waals surface area contributed by atoms with E-state index in [1.165, 1.54) is 18.9 Å². The van der Waals surface area contributed by atoms with Crippen molar-refractivity contribution < 1.29 is 4.39 Å². The molecule has 1 aromatic carbocycles. The Morgan fingerprint density at radius 3 is 3.12 bits per heavy atom. The smallest absolute Gasteiger partial charge is 0.127 e. The minimum atomic E-state index is -0.136. The van der Waals surface area contributed by atoms with E-state index in [0.717, 1.165) is 35.6 Å². The number of benzene rings is 1. The van der Waals surface area contributed by atoms with Crippen molar-refractivity contribution >= 4 is 15.9 Å². The van der Waals surface area contributed by atoms with Crippen LogP contribution in [0.3, 0.4) is 0 Å². The maximum absolute atomic E-state index is 13.4. The third-order valence-electron chi connectivity index (χ3n) is 3.21. The predicted octanol–water partition coefficient (Wildman–Crippen LogP) is 2.68. The fourth-order valence-electron chi connectivity index (χ4n) is 2.17. The van der Waals surface area contributed by atoms with Gasteiger partial charge in [0.25, 0.3) is 0 Å². The summed E-state index contributed by atoms with van der Waals surface area (Å²) in [6.45, 7) is 3.83. The van der Waals surface area contributed by atoms with E-state index in [4.69, 9.17) is 0 Å². The van der Waals surface area contributed by atoms with Gasteiger partial charge in [-0.2, -0.15) is 0 Å². The fourth-order valence-corrected chi connectivity index (χ4v) is 2.58. The summed E-state index contributed by atoms with van der Waals surface area (Å²) >= 11 is 3.36. The topological polar surface area (TPSA) is 24.1 Å². The van der Waals surface area contributed by atoms with Crippen LogP contribution in [-0.2, 0) is 6.54 Å². The highest BCUT2D eigenvalue weighted by Gasteiger charge is 2.13. The second-order valence-electron chi connectivity index (χ2n) is 4.56. The first-order valence-corrected chi connectivity index (χ1v) is 6.90. The molecule has 0 amide bonds. The molecule has 1 heterocycles. The molecule has 0 aromatic heterocycles. The summed E-state index contributed by atoms with van der Waals surface area (Å²) < 4.78 is 14.4. The van der Waals surface area contributed by atoms with Gasteiger partial charge in [0, 0.05) is 16.6 Å². The summed E-state index contributed by atoms with van der Waals surface area (Å²) in [4.78, 5) is 0. The molecule has 0 bridgehead atoms. The minimum absolute atomic E-state index is 0.136. The fraction of sp³-hybridized carbons (Fsp3) is 0.538. The van der Waals surface area contributed by atoms with Crippen LogP contribution in [0.25, 0.3) is 0 Å². The molecule has 4 heteroatoms. The van der Waals surface area contributed by atoms with Crippen molar-refractivity contribution in [3.05, 3.63) is 34.1 Å². The maximum atomic E-state index is 13.4. The second-order valence-corrected chi connectivity index (χ2v) is 5.48. The summed E-state index contributed by atoms with van der Waals surface area (Å²) in [5.41, 5.74) is 0.726. The molecule has 2 N–H and O–H groups in total. The second kappa shape index (κ2) is 6.47. The lowest BCUT2D eigenvalue weighted by Gasteiger charge is -2.10. The van der Waals surface area contributed by atoms with Gasteiger partial charge in [0.15, 0.2) is 0 Å².